The fraction of sp³-hybridized carbons (Fsp3) is 0.455. The van der Waals surface area contributed by atoms with E-state index in [9.17, 15) is 4.79 Å². The number of hydrogen-bond acceptors (Lipinski definition) is 3. The number of rotatable bonds is 4. The van der Waals surface area contributed by atoms with Gasteiger partial charge in [0.2, 0.25) is 0 Å². The van der Waals surface area contributed by atoms with E-state index in [4.69, 9.17) is 11.6 Å². The molecular formula is C11H15ClN2O. The van der Waals surface area contributed by atoms with Crippen LogP contribution in [0.2, 0.25) is 5.15 Å². The lowest BCUT2D eigenvalue weighted by Crippen LogP contribution is -2.39. The molecule has 0 fully saturated rings. The number of hydrogen-bond donors (Lipinski definition) is 1. The van der Waals surface area contributed by atoms with Crippen molar-refractivity contribution < 1.29 is 4.79 Å². The molecule has 0 saturated heterocycles. The Kier molecular flexibility index (Phi) is 3.83. The van der Waals surface area contributed by atoms with Crippen LogP contribution in [0, 0.1) is 0 Å². The Bertz CT molecular complexity index is 363. The van der Waals surface area contributed by atoms with Crippen LogP contribution in [0.3, 0.4) is 0 Å². The summed E-state index contributed by atoms with van der Waals surface area (Å²) in [5.41, 5.74) is 0.479. The van der Waals surface area contributed by atoms with Crippen LogP contribution in [0.25, 0.3) is 0 Å². The molecule has 3 nitrogen and oxygen atoms in total. The zero-order valence-electron chi connectivity index (χ0n) is 9.17. The summed E-state index contributed by atoms with van der Waals surface area (Å²) in [5, 5.41) is 3.59. The third-order valence-electron chi connectivity index (χ3n) is 2.13. The molecule has 1 heterocycles. The average Bonchev–Trinajstić information content (AvgIpc) is 2.15. The summed E-state index contributed by atoms with van der Waals surface area (Å²) in [7, 11) is 0. The van der Waals surface area contributed by atoms with Gasteiger partial charge in [0.25, 0.3) is 0 Å². The van der Waals surface area contributed by atoms with E-state index in [-0.39, 0.29) is 11.3 Å². The molecule has 1 aromatic rings. The van der Waals surface area contributed by atoms with Gasteiger partial charge in [0.1, 0.15) is 10.9 Å². The minimum absolute atomic E-state index is 0.102. The molecule has 0 aromatic carbocycles. The number of nitrogens with zero attached hydrogens (tertiary/aromatic N) is 1. The van der Waals surface area contributed by atoms with E-state index in [1.807, 2.05) is 26.0 Å². The Morgan fingerprint density at radius 1 is 1.53 bits per heavy atom. The van der Waals surface area contributed by atoms with Crippen LogP contribution in [-0.4, -0.2) is 17.3 Å². The fourth-order valence-electron chi connectivity index (χ4n) is 1.19. The average molecular weight is 227 g/mol. The number of carbonyl (C=O) groups excluding carboxylic acids is 1. The zero-order valence-corrected chi connectivity index (χ0v) is 9.93. The maximum atomic E-state index is 10.9. The first-order valence-corrected chi connectivity index (χ1v) is 5.17. The van der Waals surface area contributed by atoms with Gasteiger partial charge >= 0.3 is 0 Å². The smallest absolute Gasteiger partial charge is 0.143 e. The van der Waals surface area contributed by atoms with Gasteiger partial charge in [-0.05, 0) is 32.9 Å². The minimum Gasteiger partial charge on any atom is -0.300 e. The first-order chi connectivity index (χ1) is 6.92. The normalized spacial score (nSPS) is 11.5. The van der Waals surface area contributed by atoms with E-state index < -0.39 is 0 Å². The maximum Gasteiger partial charge on any atom is 0.143 e. The lowest BCUT2D eigenvalue weighted by molar-refractivity contribution is -0.116. The molecule has 0 aliphatic carbocycles. The van der Waals surface area contributed by atoms with Gasteiger partial charge in [0.15, 0.2) is 0 Å². The van der Waals surface area contributed by atoms with Crippen LogP contribution in [0.5, 0.6) is 0 Å². The van der Waals surface area contributed by atoms with Crippen LogP contribution < -0.4 is 5.32 Å². The molecule has 1 N–H and O–H groups in total. The van der Waals surface area contributed by atoms with E-state index in [2.05, 4.69) is 10.3 Å². The number of carbonyl (C=O) groups is 1. The molecule has 0 bridgehead atoms. The fourth-order valence-corrected chi connectivity index (χ4v) is 1.36. The summed E-state index contributed by atoms with van der Waals surface area (Å²) >= 11 is 5.81. The molecule has 0 radical (unpaired) electrons. The Labute approximate surface area is 94.9 Å². The number of ketones is 1. The molecule has 0 aliphatic heterocycles. The van der Waals surface area contributed by atoms with E-state index in [0.717, 1.165) is 5.69 Å². The lowest BCUT2D eigenvalue weighted by Gasteiger charge is -2.25. The van der Waals surface area contributed by atoms with Gasteiger partial charge in [-0.2, -0.15) is 0 Å². The monoisotopic (exact) mass is 226 g/mol. The summed E-state index contributed by atoms with van der Waals surface area (Å²) in [4.78, 5) is 15.1. The van der Waals surface area contributed by atoms with Crippen molar-refractivity contribution in [2.75, 3.05) is 6.54 Å². The maximum absolute atomic E-state index is 10.9. The summed E-state index contributed by atoms with van der Waals surface area (Å²) < 4.78 is 0. The quantitative estimate of drug-likeness (QED) is 0.800. The van der Waals surface area contributed by atoms with Gasteiger partial charge in [0, 0.05) is 0 Å². The summed E-state index contributed by atoms with van der Waals surface area (Å²) in [6.07, 6.45) is 0. The third kappa shape index (κ3) is 3.61. The number of halogens is 1. The SMILES string of the molecule is CC(=O)CNC(C)(C)c1cccc(Cl)n1. The first-order valence-electron chi connectivity index (χ1n) is 4.79. The molecule has 0 unspecified atom stereocenters. The van der Waals surface area contributed by atoms with Gasteiger partial charge in [-0.3, -0.25) is 10.1 Å². The van der Waals surface area contributed by atoms with E-state index >= 15 is 0 Å². The summed E-state index contributed by atoms with van der Waals surface area (Å²) in [6, 6.07) is 5.47. The molecule has 15 heavy (non-hydrogen) atoms. The second-order valence-corrected chi connectivity index (χ2v) is 4.41. The second-order valence-electron chi connectivity index (χ2n) is 4.03. The standard InChI is InChI=1S/C11H15ClN2O/c1-8(15)7-13-11(2,3)9-5-4-6-10(12)14-9/h4-6,13H,7H2,1-3H3. The van der Waals surface area contributed by atoms with E-state index in [1.54, 1.807) is 13.0 Å². The second kappa shape index (κ2) is 4.73. The van der Waals surface area contributed by atoms with Crippen LogP contribution in [0.1, 0.15) is 26.5 Å². The predicted octanol–water partition coefficient (Wildman–Crippen LogP) is 2.15. The molecule has 4 heteroatoms. The Morgan fingerprint density at radius 2 is 2.20 bits per heavy atom. The summed E-state index contributed by atoms with van der Waals surface area (Å²) in [6.45, 7) is 5.82. The number of Topliss-reactive ketones (excluding diaryl/α,β-unsaturated/α-hetero) is 1. The molecular weight excluding hydrogens is 212 g/mol. The van der Waals surface area contributed by atoms with Crippen molar-refractivity contribution in [1.29, 1.82) is 0 Å². The van der Waals surface area contributed by atoms with Crippen molar-refractivity contribution in [2.45, 2.75) is 26.3 Å². The van der Waals surface area contributed by atoms with Crippen LogP contribution in [0.4, 0.5) is 0 Å². The summed E-state index contributed by atoms with van der Waals surface area (Å²) in [5.74, 6) is 0.102. The number of pyridine rings is 1. The van der Waals surface area contributed by atoms with Gasteiger partial charge in [-0.25, -0.2) is 4.98 Å². The largest absolute Gasteiger partial charge is 0.300 e. The Balaban J connectivity index is 2.80. The van der Waals surface area contributed by atoms with Gasteiger partial charge in [-0.15, -0.1) is 0 Å². The molecule has 82 valence electrons. The van der Waals surface area contributed by atoms with Crippen molar-refractivity contribution in [3.8, 4) is 0 Å². The highest BCUT2D eigenvalue weighted by Crippen LogP contribution is 2.19. The van der Waals surface area contributed by atoms with Crippen molar-refractivity contribution in [2.24, 2.45) is 0 Å². The molecule has 0 atom stereocenters. The number of nitrogens with one attached hydrogen (secondary N) is 1. The van der Waals surface area contributed by atoms with Crippen LogP contribution in [-0.2, 0) is 10.3 Å². The van der Waals surface area contributed by atoms with Gasteiger partial charge < -0.3 is 0 Å². The first kappa shape index (κ1) is 12.1. The zero-order chi connectivity index (χ0) is 11.5. The molecule has 0 amide bonds. The Hall–Kier alpha value is -0.930. The minimum atomic E-state index is -0.351. The lowest BCUT2D eigenvalue weighted by atomic mass is 10.00. The van der Waals surface area contributed by atoms with Gasteiger partial charge in [-0.1, -0.05) is 17.7 Å². The highest BCUT2D eigenvalue weighted by Gasteiger charge is 2.21. The number of aromatic nitrogens is 1. The van der Waals surface area contributed by atoms with Crippen molar-refractivity contribution >= 4 is 17.4 Å². The molecule has 0 saturated carbocycles. The van der Waals surface area contributed by atoms with Crippen molar-refractivity contribution in [3.63, 3.8) is 0 Å². The molecule has 1 rings (SSSR count). The predicted molar refractivity (Wildman–Crippen MR) is 61.0 cm³/mol. The topological polar surface area (TPSA) is 42.0 Å². The highest BCUT2D eigenvalue weighted by atomic mass is 35.5. The molecule has 0 aliphatic rings. The van der Waals surface area contributed by atoms with Crippen molar-refractivity contribution in [3.05, 3.63) is 29.0 Å². The Morgan fingerprint density at radius 3 is 2.73 bits per heavy atom. The van der Waals surface area contributed by atoms with Gasteiger partial charge in [0.05, 0.1) is 17.8 Å². The van der Waals surface area contributed by atoms with Crippen LogP contribution in [0.15, 0.2) is 18.2 Å². The molecule has 1 aromatic heterocycles. The van der Waals surface area contributed by atoms with E-state index in [0.29, 0.717) is 11.7 Å². The van der Waals surface area contributed by atoms with Crippen LogP contribution >= 0.6 is 11.6 Å². The molecule has 0 spiro atoms. The van der Waals surface area contributed by atoms with Crippen molar-refractivity contribution in [1.82, 2.24) is 10.3 Å². The highest BCUT2D eigenvalue weighted by molar-refractivity contribution is 6.29. The third-order valence-corrected chi connectivity index (χ3v) is 2.35. The van der Waals surface area contributed by atoms with E-state index in [1.165, 1.54) is 0 Å².